The molecular weight excluding hydrogens is 510 g/mol. The van der Waals surface area contributed by atoms with Crippen LogP contribution in [0.3, 0.4) is 0 Å². The first-order chi connectivity index (χ1) is 16.9. The monoisotopic (exact) mass is 527 g/mol. The zero-order valence-electron chi connectivity index (χ0n) is 18.1. The van der Waals surface area contributed by atoms with Gasteiger partial charge in [0.2, 0.25) is 5.91 Å². The molecule has 5 rings (SSSR count). The van der Waals surface area contributed by atoms with Crippen molar-refractivity contribution >= 4 is 72.9 Å². The molecule has 0 saturated heterocycles. The number of carbonyl (C=O) groups excluding carboxylic acids is 1. The van der Waals surface area contributed by atoms with Crippen LogP contribution >= 0.6 is 23.5 Å². The number of hydrogen-bond acceptors (Lipinski definition) is 10. The lowest BCUT2D eigenvalue weighted by molar-refractivity contribution is -0.113. The molecule has 0 spiro atoms. The van der Waals surface area contributed by atoms with Gasteiger partial charge >= 0.3 is 0 Å². The standard InChI is InChI=1S/C22H17N5O5S3/c1-31-18-8-3-2-5-14(18)27-35(29,30)13-9-10-19-17(11-13)24-22(32-19)33-12-20(28)23-15-6-4-7-16-21(15)26-34-25-16/h2-11,27H,12H2,1H3,(H,23,28). The van der Waals surface area contributed by atoms with Crippen molar-refractivity contribution in [2.45, 2.75) is 10.1 Å². The number of benzene rings is 3. The molecule has 10 nitrogen and oxygen atoms in total. The fraction of sp³-hybridized carbons (Fsp3) is 0.0909. The van der Waals surface area contributed by atoms with E-state index in [1.54, 1.807) is 36.4 Å². The number of fused-ring (bicyclic) bond motifs is 2. The summed E-state index contributed by atoms with van der Waals surface area (Å²) in [5.74, 6) is 0.182. The second-order valence-electron chi connectivity index (χ2n) is 7.19. The summed E-state index contributed by atoms with van der Waals surface area (Å²) in [6.45, 7) is 0. The van der Waals surface area contributed by atoms with Gasteiger partial charge in [0.25, 0.3) is 15.2 Å². The molecule has 0 aliphatic carbocycles. The lowest BCUT2D eigenvalue weighted by Gasteiger charge is -2.11. The Hall–Kier alpha value is -3.68. The third-order valence-corrected chi connectivity index (χ3v) is 7.62. The molecular formula is C22H17N5O5S3. The summed E-state index contributed by atoms with van der Waals surface area (Å²) in [6.07, 6.45) is 0. The summed E-state index contributed by atoms with van der Waals surface area (Å²) in [5, 5.41) is 3.06. The van der Waals surface area contributed by atoms with E-state index in [1.807, 2.05) is 6.07 Å². The molecule has 3 aromatic carbocycles. The van der Waals surface area contributed by atoms with Crippen LogP contribution in [0.2, 0.25) is 0 Å². The molecule has 13 heteroatoms. The number of sulfonamides is 1. The van der Waals surface area contributed by atoms with Gasteiger partial charge in [0.15, 0.2) is 5.58 Å². The molecule has 0 atom stereocenters. The zero-order valence-corrected chi connectivity index (χ0v) is 20.5. The van der Waals surface area contributed by atoms with Gasteiger partial charge in [-0.25, -0.2) is 13.4 Å². The number of methoxy groups -OCH3 is 1. The molecule has 0 bridgehead atoms. The topological polar surface area (TPSA) is 136 Å². The Bertz CT molecular complexity index is 1650. The second-order valence-corrected chi connectivity index (χ2v) is 10.3. The van der Waals surface area contributed by atoms with E-state index in [2.05, 4.69) is 23.8 Å². The van der Waals surface area contributed by atoms with Gasteiger partial charge in [0.1, 0.15) is 22.3 Å². The maximum absolute atomic E-state index is 12.9. The predicted octanol–water partition coefficient (Wildman–Crippen LogP) is 4.37. The van der Waals surface area contributed by atoms with E-state index in [4.69, 9.17) is 9.15 Å². The van der Waals surface area contributed by atoms with E-state index < -0.39 is 10.0 Å². The van der Waals surface area contributed by atoms with E-state index in [0.717, 1.165) is 23.5 Å². The van der Waals surface area contributed by atoms with Gasteiger partial charge in [-0.2, -0.15) is 8.75 Å². The van der Waals surface area contributed by atoms with Crippen LogP contribution in [0.4, 0.5) is 11.4 Å². The first-order valence-corrected chi connectivity index (χ1v) is 13.3. The van der Waals surface area contributed by atoms with Gasteiger partial charge < -0.3 is 14.5 Å². The molecule has 2 heterocycles. The molecule has 0 fully saturated rings. The van der Waals surface area contributed by atoms with E-state index >= 15 is 0 Å². The summed E-state index contributed by atoms with van der Waals surface area (Å²) in [4.78, 5) is 16.8. The molecule has 2 N–H and O–H groups in total. The summed E-state index contributed by atoms with van der Waals surface area (Å²) in [6, 6.07) is 16.5. The highest BCUT2D eigenvalue weighted by molar-refractivity contribution is 7.99. The smallest absolute Gasteiger partial charge is 0.262 e. The van der Waals surface area contributed by atoms with Crippen molar-refractivity contribution in [1.29, 1.82) is 0 Å². The SMILES string of the molecule is COc1ccccc1NS(=O)(=O)c1ccc2oc(SCC(=O)Nc3cccc4nsnc34)nc2c1. The second kappa shape index (κ2) is 9.52. The third-order valence-electron chi connectivity index (χ3n) is 4.89. The first kappa shape index (κ1) is 23.1. The van der Waals surface area contributed by atoms with Crippen molar-refractivity contribution in [3.05, 3.63) is 60.7 Å². The predicted molar refractivity (Wildman–Crippen MR) is 135 cm³/mol. The maximum atomic E-state index is 12.9. The Morgan fingerprint density at radius 1 is 1.06 bits per heavy atom. The quantitative estimate of drug-likeness (QED) is 0.282. The van der Waals surface area contributed by atoms with Crippen LogP contribution in [-0.2, 0) is 14.8 Å². The van der Waals surface area contributed by atoms with Crippen LogP contribution in [0.1, 0.15) is 0 Å². The van der Waals surface area contributed by atoms with Gasteiger partial charge in [-0.1, -0.05) is 30.0 Å². The van der Waals surface area contributed by atoms with Gasteiger partial charge in [0, 0.05) is 0 Å². The van der Waals surface area contributed by atoms with E-state index in [0.29, 0.717) is 39.3 Å². The number of thioether (sulfide) groups is 1. The molecule has 2 aromatic heterocycles. The van der Waals surface area contributed by atoms with Crippen LogP contribution < -0.4 is 14.8 Å². The number of aromatic nitrogens is 3. The Kier molecular flexibility index (Phi) is 6.28. The number of amides is 1. The van der Waals surface area contributed by atoms with E-state index in [-0.39, 0.29) is 21.8 Å². The van der Waals surface area contributed by atoms with E-state index in [9.17, 15) is 13.2 Å². The number of nitrogens with one attached hydrogen (secondary N) is 2. The van der Waals surface area contributed by atoms with Crippen molar-refractivity contribution in [2.75, 3.05) is 22.9 Å². The molecule has 1 amide bonds. The number of anilines is 2. The highest BCUT2D eigenvalue weighted by Crippen LogP contribution is 2.29. The van der Waals surface area contributed by atoms with Crippen LogP contribution in [0.25, 0.3) is 22.1 Å². The highest BCUT2D eigenvalue weighted by Gasteiger charge is 2.19. The van der Waals surface area contributed by atoms with Crippen LogP contribution in [0.5, 0.6) is 5.75 Å². The largest absolute Gasteiger partial charge is 0.495 e. The molecule has 0 aliphatic rings. The minimum absolute atomic E-state index is 0.0171. The van der Waals surface area contributed by atoms with Crippen LogP contribution in [-0.4, -0.2) is 40.9 Å². The lowest BCUT2D eigenvalue weighted by atomic mass is 10.2. The first-order valence-electron chi connectivity index (χ1n) is 10.1. The van der Waals surface area contributed by atoms with Crippen molar-refractivity contribution in [1.82, 2.24) is 13.7 Å². The molecule has 5 aromatic rings. The lowest BCUT2D eigenvalue weighted by Crippen LogP contribution is -2.14. The number of hydrogen-bond donors (Lipinski definition) is 2. The number of carbonyl (C=O) groups is 1. The molecule has 178 valence electrons. The molecule has 0 aliphatic heterocycles. The minimum atomic E-state index is -3.89. The summed E-state index contributed by atoms with van der Waals surface area (Å²) < 4.78 is 47.5. The highest BCUT2D eigenvalue weighted by atomic mass is 32.2. The minimum Gasteiger partial charge on any atom is -0.495 e. The van der Waals surface area contributed by atoms with Crippen LogP contribution in [0, 0.1) is 0 Å². The third kappa shape index (κ3) is 4.92. The average molecular weight is 528 g/mol. The zero-order chi connectivity index (χ0) is 24.4. The molecule has 0 radical (unpaired) electrons. The summed E-state index contributed by atoms with van der Waals surface area (Å²) in [7, 11) is -2.43. The Labute approximate surface area is 208 Å². The number of oxazole rings is 1. The van der Waals surface area contributed by atoms with Crippen LogP contribution in [0.15, 0.2) is 75.2 Å². The van der Waals surface area contributed by atoms with Crippen molar-refractivity contribution in [3.8, 4) is 5.75 Å². The number of para-hydroxylation sites is 2. The normalized spacial score (nSPS) is 11.6. The van der Waals surface area contributed by atoms with E-state index in [1.165, 1.54) is 25.3 Å². The molecule has 0 saturated carbocycles. The number of rotatable bonds is 8. The maximum Gasteiger partial charge on any atom is 0.262 e. The fourth-order valence-corrected chi connectivity index (χ4v) is 5.55. The fourth-order valence-electron chi connectivity index (χ4n) is 3.27. The summed E-state index contributed by atoms with van der Waals surface area (Å²) >= 11 is 2.17. The Morgan fingerprint density at radius 2 is 1.89 bits per heavy atom. The number of nitrogens with zero attached hydrogens (tertiary/aromatic N) is 3. The number of ether oxygens (including phenoxy) is 1. The van der Waals surface area contributed by atoms with Gasteiger partial charge in [-0.3, -0.25) is 9.52 Å². The van der Waals surface area contributed by atoms with Gasteiger partial charge in [0.05, 0.1) is 40.9 Å². The molecule has 35 heavy (non-hydrogen) atoms. The molecule has 0 unspecified atom stereocenters. The Morgan fingerprint density at radius 3 is 2.74 bits per heavy atom. The summed E-state index contributed by atoms with van der Waals surface area (Å²) in [5.41, 5.74) is 3.01. The van der Waals surface area contributed by atoms with Crippen molar-refractivity contribution in [2.24, 2.45) is 0 Å². The van der Waals surface area contributed by atoms with Gasteiger partial charge in [-0.15, -0.1) is 0 Å². The average Bonchev–Trinajstić information content (AvgIpc) is 3.49. The van der Waals surface area contributed by atoms with Gasteiger partial charge in [-0.05, 0) is 42.5 Å². The van der Waals surface area contributed by atoms with Crippen molar-refractivity contribution in [3.63, 3.8) is 0 Å². The Balaban J connectivity index is 1.29. The van der Waals surface area contributed by atoms with Crippen molar-refractivity contribution < 1.29 is 22.4 Å².